The summed E-state index contributed by atoms with van der Waals surface area (Å²) in [5.74, 6) is -2.81. The van der Waals surface area contributed by atoms with Crippen LogP contribution in [0.2, 0.25) is 0 Å². The van der Waals surface area contributed by atoms with Gasteiger partial charge >= 0.3 is 17.9 Å². The van der Waals surface area contributed by atoms with Crippen molar-refractivity contribution >= 4 is 17.9 Å². The molecule has 5 atom stereocenters. The van der Waals surface area contributed by atoms with Gasteiger partial charge in [-0.1, -0.05) is 11.6 Å². The fourth-order valence-electron chi connectivity index (χ4n) is 4.04. The van der Waals surface area contributed by atoms with E-state index in [0.717, 1.165) is 5.57 Å². The Morgan fingerprint density at radius 1 is 1.14 bits per heavy atom. The van der Waals surface area contributed by atoms with E-state index in [1.165, 1.54) is 7.11 Å². The lowest BCUT2D eigenvalue weighted by Crippen LogP contribution is -2.60. The number of aliphatic hydroxyl groups excluding tert-OH is 3. The van der Waals surface area contributed by atoms with Crippen molar-refractivity contribution in [2.24, 2.45) is 0 Å². The number of aromatic hydroxyl groups is 1. The number of allylic oxidation sites excluding steroid dienone is 2. The van der Waals surface area contributed by atoms with Crippen molar-refractivity contribution in [1.82, 2.24) is 0 Å². The summed E-state index contributed by atoms with van der Waals surface area (Å²) >= 11 is 0. The minimum Gasteiger partial charge on any atom is -0.507 e. The van der Waals surface area contributed by atoms with Crippen molar-refractivity contribution in [3.8, 4) is 11.5 Å². The zero-order chi connectivity index (χ0) is 26.0. The van der Waals surface area contributed by atoms with Crippen LogP contribution in [0.5, 0.6) is 11.5 Å². The van der Waals surface area contributed by atoms with Gasteiger partial charge in [-0.25, -0.2) is 9.59 Å². The molecule has 0 spiro atoms. The van der Waals surface area contributed by atoms with Crippen LogP contribution in [0.25, 0.3) is 0 Å². The highest BCUT2D eigenvalue weighted by molar-refractivity contribution is 5.98. The van der Waals surface area contributed by atoms with Gasteiger partial charge in [-0.2, -0.15) is 0 Å². The number of hydrogen-bond donors (Lipinski definition) is 5. The molecule has 0 amide bonds. The molecule has 2 aliphatic rings. The monoisotopic (exact) mass is 496 g/mol. The molecule has 0 aliphatic carbocycles. The molecule has 3 rings (SSSR count). The standard InChI is InChI=1S/C23H28O12/c1-9(4-6-11-15(25)14-12(8-33-22(14)31)10(2)19(11)32-3)5-7-13(24)34-23-18(28)16(26)17(27)20(35-23)21(29)30/h4,16-18,20,23,25-28H,5-8H2,1-3H3,(H,29,30)/b9-4+/t16-,17-,18+,20-,23+/m0/s1. The zero-order valence-corrected chi connectivity index (χ0v) is 19.4. The SMILES string of the molecule is COc1c(C)c2c(c(O)c1C/C=C(\C)CCC(=O)O[C@@H]1O[C@H](C(=O)O)[C@@H](O)[C@H](O)[C@H]1O)C(=O)OC2. The fraction of sp³-hybridized carbons (Fsp3) is 0.522. The maximum Gasteiger partial charge on any atom is 0.342 e. The molecule has 1 saturated heterocycles. The summed E-state index contributed by atoms with van der Waals surface area (Å²) in [6.45, 7) is 3.56. The van der Waals surface area contributed by atoms with Crippen molar-refractivity contribution in [3.63, 3.8) is 0 Å². The minimum atomic E-state index is -1.89. The van der Waals surface area contributed by atoms with Crippen LogP contribution in [-0.2, 0) is 36.8 Å². The highest BCUT2D eigenvalue weighted by atomic mass is 16.7. The number of benzene rings is 1. The second-order valence-corrected chi connectivity index (χ2v) is 8.39. The van der Waals surface area contributed by atoms with Crippen LogP contribution in [0.4, 0.5) is 0 Å². The van der Waals surface area contributed by atoms with Gasteiger partial charge in [-0.3, -0.25) is 4.79 Å². The Bertz CT molecular complexity index is 1050. The summed E-state index contributed by atoms with van der Waals surface area (Å²) in [5, 5.41) is 49.1. The molecular weight excluding hydrogens is 468 g/mol. The molecule has 0 saturated carbocycles. The molecular formula is C23H28O12. The summed E-state index contributed by atoms with van der Waals surface area (Å²) in [6.07, 6.45) is -7.23. The zero-order valence-electron chi connectivity index (χ0n) is 19.4. The van der Waals surface area contributed by atoms with E-state index in [9.17, 15) is 34.8 Å². The topological polar surface area (TPSA) is 189 Å². The Balaban J connectivity index is 1.63. The Morgan fingerprint density at radius 2 is 1.83 bits per heavy atom. The van der Waals surface area contributed by atoms with Crippen molar-refractivity contribution < 1.29 is 58.9 Å². The fourth-order valence-corrected chi connectivity index (χ4v) is 4.04. The van der Waals surface area contributed by atoms with Crippen LogP contribution in [0, 0.1) is 6.92 Å². The predicted octanol–water partition coefficient (Wildman–Crippen LogP) is 0.0840. The van der Waals surface area contributed by atoms with Gasteiger partial charge in [0.25, 0.3) is 0 Å². The minimum absolute atomic E-state index is 0.0593. The van der Waals surface area contributed by atoms with E-state index >= 15 is 0 Å². The van der Waals surface area contributed by atoms with E-state index in [-0.39, 0.29) is 37.2 Å². The first kappa shape index (κ1) is 26.4. The van der Waals surface area contributed by atoms with Gasteiger partial charge in [0.2, 0.25) is 6.29 Å². The summed E-state index contributed by atoms with van der Waals surface area (Å²) in [4.78, 5) is 35.4. The third-order valence-electron chi connectivity index (χ3n) is 6.09. The smallest absolute Gasteiger partial charge is 0.342 e. The van der Waals surface area contributed by atoms with Crippen LogP contribution in [0.3, 0.4) is 0 Å². The molecule has 2 heterocycles. The highest BCUT2D eigenvalue weighted by Gasteiger charge is 2.48. The molecule has 5 N–H and O–H groups in total. The Hall–Kier alpha value is -3.19. The molecule has 12 heteroatoms. The quantitative estimate of drug-likeness (QED) is 0.241. The number of hydrogen-bond acceptors (Lipinski definition) is 11. The van der Waals surface area contributed by atoms with Gasteiger partial charge in [-0.05, 0) is 32.3 Å². The number of cyclic esters (lactones) is 1. The van der Waals surface area contributed by atoms with Crippen LogP contribution < -0.4 is 4.74 Å². The maximum absolute atomic E-state index is 12.2. The summed E-state index contributed by atoms with van der Waals surface area (Å²) in [6, 6.07) is 0. The van der Waals surface area contributed by atoms with E-state index in [0.29, 0.717) is 22.4 Å². The normalized spacial score (nSPS) is 26.2. The number of carboxylic acid groups (broad SMARTS) is 1. The van der Waals surface area contributed by atoms with Crippen molar-refractivity contribution in [3.05, 3.63) is 33.9 Å². The predicted molar refractivity (Wildman–Crippen MR) is 116 cm³/mol. The largest absolute Gasteiger partial charge is 0.507 e. The number of aliphatic carboxylic acids is 1. The lowest BCUT2D eigenvalue weighted by molar-refractivity contribution is -0.286. The second kappa shape index (κ2) is 10.6. The van der Waals surface area contributed by atoms with Gasteiger partial charge in [0.15, 0.2) is 6.10 Å². The van der Waals surface area contributed by atoms with E-state index in [4.69, 9.17) is 24.1 Å². The van der Waals surface area contributed by atoms with Crippen molar-refractivity contribution in [2.45, 2.75) is 70.4 Å². The first-order valence-corrected chi connectivity index (χ1v) is 10.8. The maximum atomic E-state index is 12.2. The van der Waals surface area contributed by atoms with Crippen molar-refractivity contribution in [2.75, 3.05) is 7.11 Å². The number of phenolic OH excluding ortho intramolecular Hbond substituents is 1. The Morgan fingerprint density at radius 3 is 2.46 bits per heavy atom. The number of fused-ring (bicyclic) bond motifs is 1. The summed E-state index contributed by atoms with van der Waals surface area (Å²) in [7, 11) is 1.45. The molecule has 192 valence electrons. The molecule has 35 heavy (non-hydrogen) atoms. The number of carbonyl (C=O) groups is 3. The van der Waals surface area contributed by atoms with Gasteiger partial charge in [0.05, 0.1) is 7.11 Å². The number of methoxy groups -OCH3 is 1. The Kier molecular flexibility index (Phi) is 8.00. The summed E-state index contributed by atoms with van der Waals surface area (Å²) < 4.78 is 20.3. The number of carboxylic acids is 1. The van der Waals surface area contributed by atoms with Gasteiger partial charge in [-0.15, -0.1) is 0 Å². The number of carbonyl (C=O) groups excluding carboxylic acids is 2. The first-order chi connectivity index (χ1) is 16.5. The molecule has 1 aromatic carbocycles. The summed E-state index contributed by atoms with van der Waals surface area (Å²) in [5.41, 5.74) is 2.51. The number of esters is 2. The molecule has 12 nitrogen and oxygen atoms in total. The van der Waals surface area contributed by atoms with E-state index in [1.54, 1.807) is 19.9 Å². The van der Waals surface area contributed by atoms with Crippen LogP contribution in [-0.4, -0.2) is 81.3 Å². The van der Waals surface area contributed by atoms with Crippen LogP contribution >= 0.6 is 0 Å². The average Bonchev–Trinajstić information content (AvgIpc) is 3.21. The number of phenols is 1. The van der Waals surface area contributed by atoms with Crippen LogP contribution in [0.15, 0.2) is 11.6 Å². The second-order valence-electron chi connectivity index (χ2n) is 8.39. The Labute approximate surface area is 200 Å². The van der Waals surface area contributed by atoms with Gasteiger partial charge < -0.3 is 44.5 Å². The molecule has 1 aromatic rings. The molecule has 0 bridgehead atoms. The lowest BCUT2D eigenvalue weighted by Gasteiger charge is -2.37. The molecule has 0 aromatic heterocycles. The van der Waals surface area contributed by atoms with Gasteiger partial charge in [0, 0.05) is 17.5 Å². The number of aliphatic hydroxyl groups is 3. The van der Waals surface area contributed by atoms with E-state index in [1.807, 2.05) is 0 Å². The third-order valence-corrected chi connectivity index (χ3v) is 6.09. The molecule has 0 unspecified atom stereocenters. The molecule has 2 aliphatic heterocycles. The number of rotatable bonds is 8. The lowest BCUT2D eigenvalue weighted by atomic mass is 9.94. The van der Waals surface area contributed by atoms with Crippen LogP contribution in [0.1, 0.15) is 46.8 Å². The third kappa shape index (κ3) is 5.25. The number of ether oxygens (including phenoxy) is 4. The van der Waals surface area contributed by atoms with E-state index < -0.39 is 48.6 Å². The molecule has 1 fully saturated rings. The van der Waals surface area contributed by atoms with Gasteiger partial charge in [0.1, 0.15) is 42.0 Å². The van der Waals surface area contributed by atoms with E-state index in [2.05, 4.69) is 0 Å². The first-order valence-electron chi connectivity index (χ1n) is 10.8. The van der Waals surface area contributed by atoms with Crippen molar-refractivity contribution in [1.29, 1.82) is 0 Å². The molecule has 0 radical (unpaired) electrons. The average molecular weight is 496 g/mol. The highest BCUT2D eigenvalue weighted by Crippen LogP contribution is 2.42.